The summed E-state index contributed by atoms with van der Waals surface area (Å²) < 4.78 is 0. The molecular formula is C14H17N5O. The highest BCUT2D eigenvalue weighted by Gasteiger charge is 2.36. The van der Waals surface area contributed by atoms with E-state index in [9.17, 15) is 4.79 Å². The topological polar surface area (TPSA) is 73.9 Å². The fourth-order valence-corrected chi connectivity index (χ4v) is 3.39. The van der Waals surface area contributed by atoms with Crippen LogP contribution in [0.4, 0.5) is 0 Å². The van der Waals surface area contributed by atoms with E-state index in [1.165, 1.54) is 6.42 Å². The molecule has 104 valence electrons. The molecule has 2 aliphatic rings. The minimum atomic E-state index is 0.115. The molecule has 2 aliphatic heterocycles. The molecule has 0 unspecified atom stereocenters. The van der Waals surface area contributed by atoms with Gasteiger partial charge in [0.25, 0.3) is 5.91 Å². The van der Waals surface area contributed by atoms with Crippen LogP contribution < -0.4 is 5.32 Å². The Morgan fingerprint density at radius 2 is 2.05 bits per heavy atom. The molecule has 2 aromatic rings. The first-order chi connectivity index (χ1) is 9.81. The van der Waals surface area contributed by atoms with Gasteiger partial charge in [-0.1, -0.05) is 0 Å². The van der Waals surface area contributed by atoms with Crippen LogP contribution in [-0.4, -0.2) is 52.4 Å². The monoisotopic (exact) mass is 271 g/mol. The molecule has 0 spiro atoms. The smallest absolute Gasteiger partial charge is 0.253 e. The predicted molar refractivity (Wildman–Crippen MR) is 74.3 cm³/mol. The van der Waals surface area contributed by atoms with Gasteiger partial charge in [0.1, 0.15) is 11.0 Å². The average molecular weight is 271 g/mol. The number of carbonyl (C=O) groups excluding carboxylic acids is 1. The molecule has 0 aliphatic carbocycles. The number of hydrogen-bond acceptors (Lipinski definition) is 4. The number of rotatable bonds is 1. The summed E-state index contributed by atoms with van der Waals surface area (Å²) in [5.41, 5.74) is 2.24. The van der Waals surface area contributed by atoms with Crippen molar-refractivity contribution >= 4 is 16.9 Å². The van der Waals surface area contributed by atoms with Crippen molar-refractivity contribution in [3.05, 3.63) is 23.8 Å². The van der Waals surface area contributed by atoms with Crippen LogP contribution in [0.5, 0.6) is 0 Å². The summed E-state index contributed by atoms with van der Waals surface area (Å²) >= 11 is 0. The number of hydrogen-bond donors (Lipinski definition) is 2. The SMILES string of the molecule is O=C(c1ccc2n[nH]nc2c1)N1C[C@H]2CCNC[C@H]2C1. The molecule has 3 heterocycles. The van der Waals surface area contributed by atoms with Crippen molar-refractivity contribution in [3.63, 3.8) is 0 Å². The standard InChI is InChI=1S/C14H17N5O/c20-14(9-1-2-12-13(5-9)17-18-16-12)19-7-10-3-4-15-6-11(10)8-19/h1-2,5,10-11,15H,3-4,6-8H2,(H,16,17,18)/t10-,11+/m1/s1. The van der Waals surface area contributed by atoms with E-state index in [0.29, 0.717) is 17.4 Å². The Balaban J connectivity index is 1.57. The molecule has 0 bridgehead atoms. The zero-order valence-electron chi connectivity index (χ0n) is 11.2. The number of benzene rings is 1. The molecule has 2 saturated heterocycles. The van der Waals surface area contributed by atoms with E-state index in [0.717, 1.165) is 37.2 Å². The second-order valence-electron chi connectivity index (χ2n) is 5.75. The third-order valence-corrected chi connectivity index (χ3v) is 4.53. The van der Waals surface area contributed by atoms with Crippen LogP contribution in [0.2, 0.25) is 0 Å². The average Bonchev–Trinajstić information content (AvgIpc) is 3.11. The van der Waals surface area contributed by atoms with Crippen molar-refractivity contribution in [1.29, 1.82) is 0 Å². The number of aromatic nitrogens is 3. The lowest BCUT2D eigenvalue weighted by Crippen LogP contribution is -2.35. The van der Waals surface area contributed by atoms with E-state index < -0.39 is 0 Å². The van der Waals surface area contributed by atoms with Gasteiger partial charge in [0, 0.05) is 18.7 Å². The van der Waals surface area contributed by atoms with Gasteiger partial charge < -0.3 is 10.2 Å². The zero-order chi connectivity index (χ0) is 13.5. The number of amides is 1. The molecule has 1 aromatic heterocycles. The summed E-state index contributed by atoms with van der Waals surface area (Å²) in [6, 6.07) is 5.51. The Labute approximate surface area is 116 Å². The Hall–Kier alpha value is -1.95. The highest BCUT2D eigenvalue weighted by Crippen LogP contribution is 2.29. The number of nitrogens with one attached hydrogen (secondary N) is 2. The van der Waals surface area contributed by atoms with Crippen molar-refractivity contribution < 1.29 is 4.79 Å². The van der Waals surface area contributed by atoms with E-state index in [2.05, 4.69) is 20.7 Å². The molecule has 4 rings (SSSR count). The molecule has 20 heavy (non-hydrogen) atoms. The largest absolute Gasteiger partial charge is 0.338 e. The zero-order valence-corrected chi connectivity index (χ0v) is 11.2. The van der Waals surface area contributed by atoms with Gasteiger partial charge in [-0.25, -0.2) is 0 Å². The maximum atomic E-state index is 12.6. The minimum absolute atomic E-state index is 0.115. The summed E-state index contributed by atoms with van der Waals surface area (Å²) in [4.78, 5) is 14.6. The first-order valence-electron chi connectivity index (χ1n) is 7.12. The van der Waals surface area contributed by atoms with E-state index in [1.54, 1.807) is 0 Å². The van der Waals surface area contributed by atoms with Gasteiger partial charge >= 0.3 is 0 Å². The molecule has 2 atom stereocenters. The third kappa shape index (κ3) is 1.87. The van der Waals surface area contributed by atoms with Gasteiger partial charge in [-0.2, -0.15) is 15.4 Å². The number of carbonyl (C=O) groups is 1. The van der Waals surface area contributed by atoms with Crippen molar-refractivity contribution in [2.75, 3.05) is 26.2 Å². The van der Waals surface area contributed by atoms with Gasteiger partial charge in [-0.05, 0) is 49.5 Å². The summed E-state index contributed by atoms with van der Waals surface area (Å²) in [6.45, 7) is 3.88. The van der Waals surface area contributed by atoms with Crippen LogP contribution in [0.1, 0.15) is 16.8 Å². The number of nitrogens with zero attached hydrogens (tertiary/aromatic N) is 3. The lowest BCUT2D eigenvalue weighted by atomic mass is 9.90. The molecule has 1 amide bonds. The van der Waals surface area contributed by atoms with E-state index >= 15 is 0 Å². The second kappa shape index (κ2) is 4.56. The van der Waals surface area contributed by atoms with E-state index in [4.69, 9.17) is 0 Å². The Morgan fingerprint density at radius 1 is 1.20 bits per heavy atom. The maximum absolute atomic E-state index is 12.6. The van der Waals surface area contributed by atoms with Crippen molar-refractivity contribution in [1.82, 2.24) is 25.6 Å². The molecular weight excluding hydrogens is 254 g/mol. The van der Waals surface area contributed by atoms with Crippen LogP contribution in [0.15, 0.2) is 18.2 Å². The highest BCUT2D eigenvalue weighted by molar-refractivity contribution is 5.97. The summed E-state index contributed by atoms with van der Waals surface area (Å²) in [6.07, 6.45) is 1.18. The number of fused-ring (bicyclic) bond motifs is 2. The lowest BCUT2D eigenvalue weighted by molar-refractivity contribution is 0.0784. The maximum Gasteiger partial charge on any atom is 0.253 e. The third-order valence-electron chi connectivity index (χ3n) is 4.53. The predicted octanol–water partition coefficient (Wildman–Crippen LogP) is 0.639. The van der Waals surface area contributed by atoms with Gasteiger partial charge in [-0.3, -0.25) is 4.79 Å². The molecule has 6 nitrogen and oxygen atoms in total. The molecule has 1 aromatic carbocycles. The van der Waals surface area contributed by atoms with Gasteiger partial charge in [0.15, 0.2) is 0 Å². The fourth-order valence-electron chi connectivity index (χ4n) is 3.39. The Morgan fingerprint density at radius 3 is 2.95 bits per heavy atom. The van der Waals surface area contributed by atoms with Crippen LogP contribution in [0.25, 0.3) is 11.0 Å². The minimum Gasteiger partial charge on any atom is -0.338 e. The fraction of sp³-hybridized carbons (Fsp3) is 0.500. The quantitative estimate of drug-likeness (QED) is 0.798. The number of piperidine rings is 1. The Kier molecular flexibility index (Phi) is 2.70. The number of likely N-dealkylation sites (tertiary alicyclic amines) is 1. The molecule has 6 heteroatoms. The number of H-pyrrole nitrogens is 1. The van der Waals surface area contributed by atoms with Crippen LogP contribution in [-0.2, 0) is 0 Å². The Bertz CT molecular complexity index is 638. The van der Waals surface area contributed by atoms with E-state index in [-0.39, 0.29) is 5.91 Å². The van der Waals surface area contributed by atoms with Gasteiger partial charge in [0.05, 0.1) is 0 Å². The van der Waals surface area contributed by atoms with Crippen LogP contribution >= 0.6 is 0 Å². The summed E-state index contributed by atoms with van der Waals surface area (Å²) in [5, 5.41) is 14.0. The van der Waals surface area contributed by atoms with Crippen molar-refractivity contribution in [2.24, 2.45) is 11.8 Å². The van der Waals surface area contributed by atoms with Crippen molar-refractivity contribution in [2.45, 2.75) is 6.42 Å². The summed E-state index contributed by atoms with van der Waals surface area (Å²) in [7, 11) is 0. The normalized spacial score (nSPS) is 25.9. The van der Waals surface area contributed by atoms with Crippen LogP contribution in [0, 0.1) is 11.8 Å². The summed E-state index contributed by atoms with van der Waals surface area (Å²) in [5.74, 6) is 1.39. The number of aromatic amines is 1. The first-order valence-corrected chi connectivity index (χ1v) is 7.12. The van der Waals surface area contributed by atoms with Gasteiger partial charge in [0.2, 0.25) is 0 Å². The first kappa shape index (κ1) is 11.8. The molecule has 0 saturated carbocycles. The van der Waals surface area contributed by atoms with Crippen molar-refractivity contribution in [3.8, 4) is 0 Å². The molecule has 0 radical (unpaired) electrons. The van der Waals surface area contributed by atoms with Crippen LogP contribution in [0.3, 0.4) is 0 Å². The second-order valence-corrected chi connectivity index (χ2v) is 5.75. The van der Waals surface area contributed by atoms with Gasteiger partial charge in [-0.15, -0.1) is 0 Å². The van der Waals surface area contributed by atoms with E-state index in [1.807, 2.05) is 23.1 Å². The molecule has 2 N–H and O–H groups in total. The lowest BCUT2D eigenvalue weighted by Gasteiger charge is -2.23. The molecule has 2 fully saturated rings. The highest BCUT2D eigenvalue weighted by atomic mass is 16.2.